The van der Waals surface area contributed by atoms with Crippen LogP contribution in [0.1, 0.15) is 18.1 Å². The third kappa shape index (κ3) is 5.84. The molecule has 0 bridgehead atoms. The Labute approximate surface area is 175 Å². The Hall–Kier alpha value is -3.82. The van der Waals surface area contributed by atoms with Gasteiger partial charge in [0, 0.05) is 5.69 Å². The van der Waals surface area contributed by atoms with Crippen molar-refractivity contribution in [2.75, 3.05) is 12.4 Å². The number of amides is 1. The average Bonchev–Trinajstić information content (AvgIpc) is 2.79. The zero-order valence-electron chi connectivity index (χ0n) is 16.8. The van der Waals surface area contributed by atoms with E-state index in [1.807, 2.05) is 24.3 Å². The van der Waals surface area contributed by atoms with Gasteiger partial charge in [0.25, 0.3) is 5.91 Å². The third-order valence-corrected chi connectivity index (χ3v) is 4.32. The summed E-state index contributed by atoms with van der Waals surface area (Å²) in [5, 5.41) is 11.8. The van der Waals surface area contributed by atoms with Crippen LogP contribution in [0.3, 0.4) is 0 Å². The molecule has 0 aliphatic heterocycles. The molecule has 0 aliphatic rings. The molecule has 0 saturated heterocycles. The van der Waals surface area contributed by atoms with Crippen LogP contribution in [0.25, 0.3) is 0 Å². The van der Waals surface area contributed by atoms with Crippen molar-refractivity contribution < 1.29 is 19.0 Å². The van der Waals surface area contributed by atoms with Crippen molar-refractivity contribution >= 4 is 11.6 Å². The van der Waals surface area contributed by atoms with Crippen molar-refractivity contribution in [3.05, 3.63) is 83.9 Å². The van der Waals surface area contributed by atoms with Crippen LogP contribution in [-0.4, -0.2) is 19.1 Å². The van der Waals surface area contributed by atoms with Crippen LogP contribution in [0.5, 0.6) is 17.2 Å². The van der Waals surface area contributed by atoms with Crippen molar-refractivity contribution in [3.8, 4) is 23.3 Å². The molecular weight excluding hydrogens is 380 g/mol. The summed E-state index contributed by atoms with van der Waals surface area (Å²) in [6, 6.07) is 23.5. The van der Waals surface area contributed by atoms with E-state index in [1.165, 1.54) is 0 Å². The van der Waals surface area contributed by atoms with Crippen LogP contribution in [0.2, 0.25) is 0 Å². The summed E-state index contributed by atoms with van der Waals surface area (Å²) in [6.45, 7) is 2.01. The number of rotatable bonds is 8. The van der Waals surface area contributed by atoms with Crippen LogP contribution in [-0.2, 0) is 16.1 Å². The minimum Gasteiger partial charge on any atom is -0.497 e. The van der Waals surface area contributed by atoms with Crippen molar-refractivity contribution in [2.24, 2.45) is 0 Å². The Morgan fingerprint density at radius 2 is 1.73 bits per heavy atom. The molecule has 6 heteroatoms. The number of benzene rings is 3. The molecule has 6 nitrogen and oxygen atoms in total. The van der Waals surface area contributed by atoms with Gasteiger partial charge in [-0.15, -0.1) is 0 Å². The van der Waals surface area contributed by atoms with Gasteiger partial charge in [-0.1, -0.05) is 18.2 Å². The predicted molar refractivity (Wildman–Crippen MR) is 114 cm³/mol. The maximum absolute atomic E-state index is 12.4. The minimum absolute atomic E-state index is 0.242. The zero-order chi connectivity index (χ0) is 21.3. The van der Waals surface area contributed by atoms with Gasteiger partial charge in [-0.2, -0.15) is 5.26 Å². The molecule has 0 spiro atoms. The highest BCUT2D eigenvalue weighted by Crippen LogP contribution is 2.24. The highest BCUT2D eigenvalue weighted by atomic mass is 16.5. The van der Waals surface area contributed by atoms with Gasteiger partial charge in [0.1, 0.15) is 23.4 Å². The molecule has 0 radical (unpaired) electrons. The van der Waals surface area contributed by atoms with Crippen LogP contribution in [0.4, 0.5) is 5.69 Å². The summed E-state index contributed by atoms with van der Waals surface area (Å²) in [7, 11) is 1.61. The monoisotopic (exact) mass is 402 g/mol. The molecule has 0 heterocycles. The Balaban J connectivity index is 1.52. The average molecular weight is 402 g/mol. The van der Waals surface area contributed by atoms with Crippen molar-refractivity contribution in [3.63, 3.8) is 0 Å². The molecule has 0 aliphatic carbocycles. The highest BCUT2D eigenvalue weighted by Gasteiger charge is 2.14. The standard InChI is InChI=1S/C24H22N2O4/c1-17(29-16-19-6-4-7-22(14-19)28-2)24(27)26-20-9-11-21(12-10-20)30-23-8-3-5-18(13-23)15-25/h3-14,17H,16H2,1-2H3,(H,26,27). The van der Waals surface area contributed by atoms with Gasteiger partial charge in [-0.3, -0.25) is 4.79 Å². The number of carbonyl (C=O) groups is 1. The number of nitriles is 1. The van der Waals surface area contributed by atoms with E-state index in [2.05, 4.69) is 11.4 Å². The summed E-state index contributed by atoms with van der Waals surface area (Å²) in [4.78, 5) is 12.4. The molecule has 1 amide bonds. The van der Waals surface area contributed by atoms with Gasteiger partial charge >= 0.3 is 0 Å². The lowest BCUT2D eigenvalue weighted by Gasteiger charge is -2.14. The molecule has 3 rings (SSSR count). The lowest BCUT2D eigenvalue weighted by Crippen LogP contribution is -2.27. The molecule has 3 aromatic rings. The van der Waals surface area contributed by atoms with Crippen LogP contribution in [0.15, 0.2) is 72.8 Å². The lowest BCUT2D eigenvalue weighted by atomic mass is 10.2. The van der Waals surface area contributed by atoms with E-state index in [0.717, 1.165) is 11.3 Å². The van der Waals surface area contributed by atoms with Gasteiger partial charge in [-0.25, -0.2) is 0 Å². The van der Waals surface area contributed by atoms with Crippen molar-refractivity contribution in [1.82, 2.24) is 0 Å². The number of nitrogens with one attached hydrogen (secondary N) is 1. The molecule has 3 aromatic carbocycles. The second-order valence-corrected chi connectivity index (χ2v) is 6.56. The first-order valence-electron chi connectivity index (χ1n) is 9.41. The van der Waals surface area contributed by atoms with Crippen molar-refractivity contribution in [2.45, 2.75) is 19.6 Å². The van der Waals surface area contributed by atoms with E-state index in [-0.39, 0.29) is 5.91 Å². The summed E-state index contributed by atoms with van der Waals surface area (Å²) in [5.74, 6) is 1.68. The Kier molecular flexibility index (Phi) is 7.04. The quantitative estimate of drug-likeness (QED) is 0.579. The molecule has 0 aromatic heterocycles. The summed E-state index contributed by atoms with van der Waals surface area (Å²) >= 11 is 0. The van der Waals surface area contributed by atoms with E-state index >= 15 is 0 Å². The number of ether oxygens (including phenoxy) is 3. The number of hydrogen-bond acceptors (Lipinski definition) is 5. The fourth-order valence-electron chi connectivity index (χ4n) is 2.67. The van der Waals surface area contributed by atoms with E-state index < -0.39 is 6.10 Å². The van der Waals surface area contributed by atoms with Gasteiger partial charge in [0.05, 0.1) is 25.3 Å². The first-order chi connectivity index (χ1) is 14.6. The molecule has 1 atom stereocenters. The van der Waals surface area contributed by atoms with E-state index in [1.54, 1.807) is 62.6 Å². The highest BCUT2D eigenvalue weighted by molar-refractivity contribution is 5.93. The first kappa shape index (κ1) is 20.9. The molecular formula is C24H22N2O4. The third-order valence-electron chi connectivity index (χ3n) is 4.32. The Morgan fingerprint density at radius 3 is 2.47 bits per heavy atom. The normalized spacial score (nSPS) is 11.2. The number of carbonyl (C=O) groups excluding carboxylic acids is 1. The maximum atomic E-state index is 12.4. The van der Waals surface area contributed by atoms with Gasteiger partial charge in [0.2, 0.25) is 0 Å². The van der Waals surface area contributed by atoms with E-state index in [0.29, 0.717) is 29.4 Å². The topological polar surface area (TPSA) is 80.6 Å². The second kappa shape index (κ2) is 10.1. The summed E-state index contributed by atoms with van der Waals surface area (Å²) in [5.41, 5.74) is 2.09. The zero-order valence-corrected chi connectivity index (χ0v) is 16.8. The molecule has 0 fully saturated rings. The summed E-state index contributed by atoms with van der Waals surface area (Å²) < 4.78 is 16.6. The number of nitrogens with zero attached hydrogens (tertiary/aromatic N) is 1. The van der Waals surface area contributed by atoms with Crippen LogP contribution in [0, 0.1) is 11.3 Å². The Bertz CT molecular complexity index is 1040. The van der Waals surface area contributed by atoms with Crippen LogP contribution >= 0.6 is 0 Å². The van der Waals surface area contributed by atoms with Gasteiger partial charge < -0.3 is 19.5 Å². The number of hydrogen-bond donors (Lipinski definition) is 1. The maximum Gasteiger partial charge on any atom is 0.253 e. The molecule has 1 N–H and O–H groups in total. The summed E-state index contributed by atoms with van der Waals surface area (Å²) in [6.07, 6.45) is -0.624. The van der Waals surface area contributed by atoms with Crippen LogP contribution < -0.4 is 14.8 Å². The minimum atomic E-state index is -0.624. The molecule has 0 saturated carbocycles. The predicted octanol–water partition coefficient (Wildman–Crippen LogP) is 4.90. The largest absolute Gasteiger partial charge is 0.497 e. The van der Waals surface area contributed by atoms with Gasteiger partial charge in [0.15, 0.2) is 0 Å². The number of methoxy groups -OCH3 is 1. The SMILES string of the molecule is COc1cccc(COC(C)C(=O)Nc2ccc(Oc3cccc(C#N)c3)cc2)c1. The van der Waals surface area contributed by atoms with Crippen molar-refractivity contribution in [1.29, 1.82) is 5.26 Å². The first-order valence-corrected chi connectivity index (χ1v) is 9.41. The number of anilines is 1. The smallest absolute Gasteiger partial charge is 0.253 e. The fourth-order valence-corrected chi connectivity index (χ4v) is 2.67. The Morgan fingerprint density at radius 1 is 1.00 bits per heavy atom. The molecule has 30 heavy (non-hydrogen) atoms. The molecule has 1 unspecified atom stereocenters. The van der Waals surface area contributed by atoms with Gasteiger partial charge in [-0.05, 0) is 67.1 Å². The lowest BCUT2D eigenvalue weighted by molar-refractivity contribution is -0.127. The van der Waals surface area contributed by atoms with E-state index in [9.17, 15) is 4.79 Å². The molecule has 152 valence electrons. The second-order valence-electron chi connectivity index (χ2n) is 6.56. The fraction of sp³-hybridized carbons (Fsp3) is 0.167. The van der Waals surface area contributed by atoms with E-state index in [4.69, 9.17) is 19.5 Å².